The first kappa shape index (κ1) is 19.1. The molecule has 1 amide bonds. The number of rotatable bonds is 5. The number of carbonyl (C=O) groups is 1. The predicted octanol–water partition coefficient (Wildman–Crippen LogP) is 3.36. The second-order valence-corrected chi connectivity index (χ2v) is 7.86. The highest BCUT2D eigenvalue weighted by Crippen LogP contribution is 2.32. The maximum atomic E-state index is 12.4. The van der Waals surface area contributed by atoms with Crippen molar-refractivity contribution >= 4 is 43.9 Å². The summed E-state index contributed by atoms with van der Waals surface area (Å²) in [7, 11) is -2.09. The Morgan fingerprint density at radius 2 is 2.04 bits per heavy atom. The summed E-state index contributed by atoms with van der Waals surface area (Å²) in [6.07, 6.45) is 1.54. The van der Waals surface area contributed by atoms with Gasteiger partial charge in [0.05, 0.1) is 18.4 Å². The number of nitrogens with one attached hydrogen (secondary N) is 2. The monoisotopic (exact) mass is 404 g/mol. The van der Waals surface area contributed by atoms with Crippen molar-refractivity contribution in [3.63, 3.8) is 0 Å². The van der Waals surface area contributed by atoms with E-state index >= 15 is 0 Å². The molecule has 3 rings (SSSR count). The number of nitrogens with zero attached hydrogens (tertiary/aromatic N) is 1. The maximum Gasteiger partial charge on any atom is 0.228 e. The van der Waals surface area contributed by atoms with Gasteiger partial charge in [0.1, 0.15) is 9.92 Å². The summed E-state index contributed by atoms with van der Waals surface area (Å²) in [4.78, 5) is 16.6. The van der Waals surface area contributed by atoms with E-state index in [-0.39, 0.29) is 23.1 Å². The Kier molecular flexibility index (Phi) is 5.31. The van der Waals surface area contributed by atoms with Crippen molar-refractivity contribution in [2.75, 3.05) is 12.4 Å². The van der Waals surface area contributed by atoms with Crippen molar-refractivity contribution in [1.29, 1.82) is 4.78 Å². The molecule has 3 aromatic rings. The van der Waals surface area contributed by atoms with Crippen LogP contribution in [-0.4, -0.2) is 22.2 Å². The molecule has 0 aliphatic rings. The van der Waals surface area contributed by atoms with Crippen molar-refractivity contribution < 1.29 is 13.7 Å². The fourth-order valence-electron chi connectivity index (χ4n) is 2.73. The number of carbonyl (C=O) groups excluding carboxylic acids is 1. The molecule has 1 atom stereocenters. The fourth-order valence-corrected chi connectivity index (χ4v) is 3.74. The van der Waals surface area contributed by atoms with Gasteiger partial charge >= 0.3 is 0 Å². The van der Waals surface area contributed by atoms with Gasteiger partial charge in [-0.3, -0.25) is 4.79 Å². The zero-order chi connectivity index (χ0) is 19.6. The first-order valence-corrected chi connectivity index (χ1v) is 9.86. The molecular weight excluding hydrogens is 388 g/mol. The van der Waals surface area contributed by atoms with Crippen molar-refractivity contribution in [1.82, 2.24) is 4.98 Å². The molecule has 0 aliphatic carbocycles. The molecule has 0 saturated heterocycles. The van der Waals surface area contributed by atoms with Gasteiger partial charge in [0, 0.05) is 27.7 Å². The molecular formula is C18H17ClN4O3S. The van der Waals surface area contributed by atoms with E-state index in [1.54, 1.807) is 36.4 Å². The minimum atomic E-state index is -3.53. The number of halogens is 1. The number of pyridine rings is 1. The largest absolute Gasteiger partial charge is 0.481 e. The van der Waals surface area contributed by atoms with Gasteiger partial charge in [-0.05, 0) is 29.8 Å². The van der Waals surface area contributed by atoms with Crippen LogP contribution < -0.4 is 15.2 Å². The first-order valence-electron chi connectivity index (χ1n) is 7.86. The number of ether oxygens (including phenoxy) is 1. The molecule has 140 valence electrons. The summed E-state index contributed by atoms with van der Waals surface area (Å²) < 4.78 is 25.2. The molecule has 0 fully saturated rings. The number of hydrogen-bond donors (Lipinski definition) is 3. The van der Waals surface area contributed by atoms with Gasteiger partial charge in [-0.1, -0.05) is 29.8 Å². The summed E-state index contributed by atoms with van der Waals surface area (Å²) in [5, 5.41) is 9.76. The minimum absolute atomic E-state index is 0.0656. The third-order valence-electron chi connectivity index (χ3n) is 3.92. The number of fused-ring (bicyclic) bond motifs is 1. The molecule has 4 N–H and O–H groups in total. The van der Waals surface area contributed by atoms with Crippen LogP contribution in [0.4, 0.5) is 5.69 Å². The van der Waals surface area contributed by atoms with E-state index in [2.05, 4.69) is 10.3 Å². The third-order valence-corrected chi connectivity index (χ3v) is 5.28. The summed E-state index contributed by atoms with van der Waals surface area (Å²) in [5.41, 5.74) is 1.02. The highest BCUT2D eigenvalue weighted by molar-refractivity contribution is 7.90. The molecule has 9 heteroatoms. The van der Waals surface area contributed by atoms with Crippen molar-refractivity contribution in [3.05, 3.63) is 59.2 Å². The lowest BCUT2D eigenvalue weighted by molar-refractivity contribution is -0.115. The van der Waals surface area contributed by atoms with Crippen LogP contribution in [0.15, 0.2) is 53.6 Å². The number of hydrogen-bond acceptors (Lipinski definition) is 5. The van der Waals surface area contributed by atoms with Crippen LogP contribution in [0.25, 0.3) is 10.8 Å². The van der Waals surface area contributed by atoms with Crippen LogP contribution in [0.1, 0.15) is 5.56 Å². The summed E-state index contributed by atoms with van der Waals surface area (Å²) >= 11 is 6.09. The van der Waals surface area contributed by atoms with Crippen LogP contribution in [0.2, 0.25) is 5.02 Å². The number of anilines is 1. The molecule has 0 spiro atoms. The zero-order valence-electron chi connectivity index (χ0n) is 14.4. The molecule has 0 aliphatic heterocycles. The van der Waals surface area contributed by atoms with E-state index in [0.717, 1.165) is 0 Å². The second kappa shape index (κ2) is 7.51. The highest BCUT2D eigenvalue weighted by Gasteiger charge is 2.16. The lowest BCUT2D eigenvalue weighted by Gasteiger charge is -2.13. The van der Waals surface area contributed by atoms with Gasteiger partial charge in [-0.15, -0.1) is 0 Å². The molecule has 2 aromatic carbocycles. The topological polar surface area (TPSA) is 118 Å². The number of benzene rings is 2. The quantitative estimate of drug-likeness (QED) is 0.604. The van der Waals surface area contributed by atoms with Gasteiger partial charge in [0.2, 0.25) is 11.8 Å². The van der Waals surface area contributed by atoms with Gasteiger partial charge in [0.15, 0.2) is 0 Å². The van der Waals surface area contributed by atoms with Gasteiger partial charge in [-0.2, -0.15) is 0 Å². The number of amides is 1. The highest BCUT2D eigenvalue weighted by atomic mass is 35.5. The van der Waals surface area contributed by atoms with Crippen LogP contribution in [-0.2, 0) is 21.1 Å². The van der Waals surface area contributed by atoms with Crippen molar-refractivity contribution in [2.24, 2.45) is 5.14 Å². The number of aromatic nitrogens is 1. The Bertz CT molecular complexity index is 1130. The molecule has 0 saturated carbocycles. The smallest absolute Gasteiger partial charge is 0.228 e. The van der Waals surface area contributed by atoms with Gasteiger partial charge < -0.3 is 10.1 Å². The average molecular weight is 405 g/mol. The van der Waals surface area contributed by atoms with Crippen LogP contribution in [0.5, 0.6) is 5.88 Å². The number of nitrogens with two attached hydrogens (primary N) is 1. The van der Waals surface area contributed by atoms with E-state index < -0.39 is 9.92 Å². The lowest BCUT2D eigenvalue weighted by atomic mass is 10.1. The normalized spacial score (nSPS) is 13.1. The Morgan fingerprint density at radius 3 is 2.70 bits per heavy atom. The molecule has 0 radical (unpaired) electrons. The Hall–Kier alpha value is -2.68. The minimum Gasteiger partial charge on any atom is -0.481 e. The van der Waals surface area contributed by atoms with Gasteiger partial charge in [-0.25, -0.2) is 19.1 Å². The van der Waals surface area contributed by atoms with E-state index in [9.17, 15) is 9.00 Å². The summed E-state index contributed by atoms with van der Waals surface area (Å²) in [5.74, 6) is -0.0376. The van der Waals surface area contributed by atoms with Crippen LogP contribution in [0.3, 0.4) is 0 Å². The van der Waals surface area contributed by atoms with Crippen LogP contribution >= 0.6 is 11.6 Å². The number of methoxy groups -OCH3 is 1. The molecule has 1 heterocycles. The predicted molar refractivity (Wildman–Crippen MR) is 105 cm³/mol. The molecule has 1 aromatic heterocycles. The first-order chi connectivity index (χ1) is 12.8. The Morgan fingerprint density at radius 1 is 1.30 bits per heavy atom. The Labute approximate surface area is 161 Å². The van der Waals surface area contributed by atoms with Crippen molar-refractivity contribution in [2.45, 2.75) is 11.3 Å². The SMILES string of the molecule is COc1nccc2c(S(=N)(N)=O)cc(NC(=O)Cc3ccccc3Cl)cc12. The molecule has 7 nitrogen and oxygen atoms in total. The summed E-state index contributed by atoms with van der Waals surface area (Å²) in [6, 6.07) is 11.7. The van der Waals surface area contributed by atoms with E-state index in [1.165, 1.54) is 19.4 Å². The van der Waals surface area contributed by atoms with E-state index in [4.69, 9.17) is 26.3 Å². The Balaban J connectivity index is 2.02. The average Bonchev–Trinajstić information content (AvgIpc) is 2.61. The van der Waals surface area contributed by atoms with Crippen LogP contribution in [0, 0.1) is 4.78 Å². The van der Waals surface area contributed by atoms with E-state index in [1.807, 2.05) is 0 Å². The molecule has 27 heavy (non-hydrogen) atoms. The summed E-state index contributed by atoms with van der Waals surface area (Å²) in [6.45, 7) is 0. The molecule has 1 unspecified atom stereocenters. The lowest BCUT2D eigenvalue weighted by Crippen LogP contribution is -2.16. The molecule has 0 bridgehead atoms. The second-order valence-electron chi connectivity index (χ2n) is 5.81. The zero-order valence-corrected chi connectivity index (χ0v) is 15.9. The maximum absolute atomic E-state index is 12.4. The van der Waals surface area contributed by atoms with Crippen molar-refractivity contribution in [3.8, 4) is 5.88 Å². The van der Waals surface area contributed by atoms with E-state index in [0.29, 0.717) is 27.0 Å². The fraction of sp³-hybridized carbons (Fsp3) is 0.111. The standard InChI is InChI=1S/C18H17ClN4O3S/c1-26-18-14-9-12(10-16(27(20,21)25)13(14)6-7-22-18)23-17(24)8-11-4-2-3-5-15(11)19/h2-7,9-10H,8H2,1H3,(H,23,24)(H3,20,21,25). The third kappa shape index (κ3) is 4.19. The van der Waals surface area contributed by atoms with Gasteiger partial charge in [0.25, 0.3) is 0 Å².